The van der Waals surface area contributed by atoms with Crippen LogP contribution in [0.3, 0.4) is 0 Å². The summed E-state index contributed by atoms with van der Waals surface area (Å²) in [7, 11) is 1.52. The first-order chi connectivity index (χ1) is 14.9. The highest BCUT2D eigenvalue weighted by atomic mass is 16.5. The molecule has 0 spiro atoms. The Kier molecular flexibility index (Phi) is 5.38. The lowest BCUT2D eigenvalue weighted by Crippen LogP contribution is -2.55. The Hall–Kier alpha value is -3.80. The van der Waals surface area contributed by atoms with E-state index in [2.05, 4.69) is 5.32 Å². The molecule has 0 bridgehead atoms. The van der Waals surface area contributed by atoms with Gasteiger partial charge in [0.25, 0.3) is 5.91 Å². The van der Waals surface area contributed by atoms with Crippen LogP contribution in [0.2, 0.25) is 0 Å². The Bertz CT molecular complexity index is 1130. The second kappa shape index (κ2) is 8.14. The first kappa shape index (κ1) is 20.5. The number of aryl methyl sites for hydroxylation is 1. The molecule has 3 aromatic carbocycles. The molecule has 0 unspecified atom stereocenters. The van der Waals surface area contributed by atoms with E-state index in [-0.39, 0.29) is 12.8 Å². The highest BCUT2D eigenvalue weighted by Crippen LogP contribution is 2.34. The van der Waals surface area contributed by atoms with Crippen molar-refractivity contribution < 1.29 is 24.2 Å². The van der Waals surface area contributed by atoms with Crippen molar-refractivity contribution in [2.75, 3.05) is 7.11 Å². The number of methoxy groups -OCH3 is 1. The zero-order chi connectivity index (χ0) is 22.0. The number of carboxylic acid groups (broad SMARTS) is 1. The largest absolute Gasteiger partial charge is 0.493 e. The number of hydrogen-bond acceptors (Lipinski definition) is 4. The highest BCUT2D eigenvalue weighted by Gasteiger charge is 2.45. The van der Waals surface area contributed by atoms with E-state index in [4.69, 9.17) is 9.47 Å². The van der Waals surface area contributed by atoms with Crippen LogP contribution in [0.5, 0.6) is 17.2 Å². The van der Waals surface area contributed by atoms with Crippen molar-refractivity contribution in [2.45, 2.75) is 25.3 Å². The molecule has 158 valence electrons. The van der Waals surface area contributed by atoms with Crippen molar-refractivity contribution in [3.63, 3.8) is 0 Å². The molecular weight excluding hydrogens is 394 g/mol. The number of nitrogens with one attached hydrogen (secondary N) is 1. The Morgan fingerprint density at radius 2 is 1.65 bits per heavy atom. The molecule has 0 fully saturated rings. The average molecular weight is 417 g/mol. The second-order valence-corrected chi connectivity index (χ2v) is 7.75. The van der Waals surface area contributed by atoms with Gasteiger partial charge in [-0.1, -0.05) is 36.4 Å². The molecule has 0 aromatic heterocycles. The van der Waals surface area contributed by atoms with E-state index in [0.29, 0.717) is 22.8 Å². The van der Waals surface area contributed by atoms with Gasteiger partial charge in [-0.25, -0.2) is 4.79 Å². The molecule has 3 aromatic rings. The van der Waals surface area contributed by atoms with Gasteiger partial charge in [-0.3, -0.25) is 4.79 Å². The normalized spacial score (nSPS) is 13.9. The number of benzene rings is 3. The molecule has 0 radical (unpaired) electrons. The number of hydrogen-bond donors (Lipinski definition) is 2. The third-order valence-electron chi connectivity index (χ3n) is 5.51. The molecule has 6 heteroatoms. The number of rotatable bonds is 6. The lowest BCUT2D eigenvalue weighted by molar-refractivity contribution is -0.144. The van der Waals surface area contributed by atoms with Crippen LogP contribution in [0.4, 0.5) is 0 Å². The van der Waals surface area contributed by atoms with Crippen LogP contribution >= 0.6 is 0 Å². The number of carboxylic acids is 1. The van der Waals surface area contributed by atoms with Gasteiger partial charge < -0.3 is 19.9 Å². The van der Waals surface area contributed by atoms with Gasteiger partial charge in [0.05, 0.1) is 7.11 Å². The van der Waals surface area contributed by atoms with Crippen LogP contribution < -0.4 is 14.8 Å². The first-order valence-corrected chi connectivity index (χ1v) is 9.95. The Labute approximate surface area is 180 Å². The predicted octanol–water partition coefficient (Wildman–Crippen LogP) is 4.15. The van der Waals surface area contributed by atoms with E-state index >= 15 is 0 Å². The summed E-state index contributed by atoms with van der Waals surface area (Å²) in [6, 6.07) is 19.9. The minimum Gasteiger partial charge on any atom is -0.493 e. The maximum absolute atomic E-state index is 13.0. The number of amides is 1. The summed E-state index contributed by atoms with van der Waals surface area (Å²) in [5, 5.41) is 12.7. The number of carbonyl (C=O) groups is 2. The number of fused-ring (bicyclic) bond motifs is 1. The minimum atomic E-state index is -1.38. The van der Waals surface area contributed by atoms with E-state index in [9.17, 15) is 14.7 Å². The molecule has 1 amide bonds. The molecule has 6 nitrogen and oxygen atoms in total. The maximum Gasteiger partial charge on any atom is 0.330 e. The topological polar surface area (TPSA) is 84.9 Å². The smallest absolute Gasteiger partial charge is 0.330 e. The summed E-state index contributed by atoms with van der Waals surface area (Å²) in [6.07, 6.45) is 0.486. The van der Waals surface area contributed by atoms with Gasteiger partial charge in [0, 0.05) is 18.4 Å². The molecule has 31 heavy (non-hydrogen) atoms. The monoisotopic (exact) mass is 417 g/mol. The second-order valence-electron chi connectivity index (χ2n) is 7.75. The average Bonchev–Trinajstić information content (AvgIpc) is 3.13. The third-order valence-corrected chi connectivity index (χ3v) is 5.51. The van der Waals surface area contributed by atoms with Crippen molar-refractivity contribution in [3.05, 3.63) is 89.0 Å². The van der Waals surface area contributed by atoms with Gasteiger partial charge in [-0.05, 0) is 53.9 Å². The summed E-state index contributed by atoms with van der Waals surface area (Å²) < 4.78 is 11.3. The molecule has 0 saturated heterocycles. The molecule has 0 heterocycles. The van der Waals surface area contributed by atoms with E-state index in [1.54, 1.807) is 18.2 Å². The van der Waals surface area contributed by atoms with Gasteiger partial charge in [-0.2, -0.15) is 0 Å². The number of aliphatic carboxylic acids is 1. The van der Waals surface area contributed by atoms with Crippen LogP contribution in [-0.4, -0.2) is 29.6 Å². The maximum atomic E-state index is 13.0. The SMILES string of the molecule is COc1ccc(C(=O)NC2(C(=O)O)Cc3ccccc3C2)cc1Oc1cccc(C)c1. The lowest BCUT2D eigenvalue weighted by atomic mass is 9.95. The van der Waals surface area contributed by atoms with Gasteiger partial charge >= 0.3 is 5.97 Å². The highest BCUT2D eigenvalue weighted by molar-refractivity contribution is 5.99. The van der Waals surface area contributed by atoms with Crippen LogP contribution in [0.15, 0.2) is 66.7 Å². The van der Waals surface area contributed by atoms with Crippen molar-refractivity contribution >= 4 is 11.9 Å². The summed E-state index contributed by atoms with van der Waals surface area (Å²) >= 11 is 0. The molecule has 1 aliphatic carbocycles. The Morgan fingerprint density at radius 1 is 0.935 bits per heavy atom. The predicted molar refractivity (Wildman–Crippen MR) is 116 cm³/mol. The van der Waals surface area contributed by atoms with Crippen LogP contribution in [-0.2, 0) is 17.6 Å². The molecular formula is C25H23NO5. The summed E-state index contributed by atoms with van der Waals surface area (Å²) in [5.41, 5.74) is 1.82. The minimum absolute atomic E-state index is 0.243. The van der Waals surface area contributed by atoms with Crippen LogP contribution in [0, 0.1) is 6.92 Å². The lowest BCUT2D eigenvalue weighted by Gasteiger charge is -2.25. The zero-order valence-electron chi connectivity index (χ0n) is 17.3. The van der Waals surface area contributed by atoms with Crippen LogP contribution in [0.25, 0.3) is 0 Å². The zero-order valence-corrected chi connectivity index (χ0v) is 17.3. The van der Waals surface area contributed by atoms with Gasteiger partial charge in [-0.15, -0.1) is 0 Å². The van der Waals surface area contributed by atoms with E-state index < -0.39 is 17.4 Å². The summed E-state index contributed by atoms with van der Waals surface area (Å²) in [6.45, 7) is 1.96. The van der Waals surface area contributed by atoms with Gasteiger partial charge in [0.15, 0.2) is 11.5 Å². The van der Waals surface area contributed by atoms with Crippen molar-refractivity contribution in [3.8, 4) is 17.2 Å². The van der Waals surface area contributed by atoms with Crippen molar-refractivity contribution in [2.24, 2.45) is 0 Å². The van der Waals surface area contributed by atoms with Crippen molar-refractivity contribution in [1.29, 1.82) is 0 Å². The molecule has 1 aliphatic rings. The number of carbonyl (C=O) groups excluding carboxylic acids is 1. The number of ether oxygens (including phenoxy) is 2. The fourth-order valence-corrected chi connectivity index (χ4v) is 3.90. The molecule has 0 atom stereocenters. The molecule has 0 saturated carbocycles. The summed E-state index contributed by atoms with van der Waals surface area (Å²) in [5.74, 6) is -0.0723. The quantitative estimate of drug-likeness (QED) is 0.629. The fraction of sp³-hybridized carbons (Fsp3) is 0.200. The van der Waals surface area contributed by atoms with E-state index in [1.165, 1.54) is 7.11 Å². The van der Waals surface area contributed by atoms with Gasteiger partial charge in [0.1, 0.15) is 11.3 Å². The molecule has 4 rings (SSSR count). The third kappa shape index (κ3) is 4.10. The molecule has 2 N–H and O–H groups in total. The standard InChI is InChI=1S/C25H23NO5/c1-16-6-5-9-20(12-16)31-22-13-17(10-11-21(22)30-2)23(27)26-25(24(28)29)14-18-7-3-4-8-19(18)15-25/h3-13H,14-15H2,1-2H3,(H,26,27)(H,28,29). The summed E-state index contributed by atoms with van der Waals surface area (Å²) in [4.78, 5) is 25.2. The van der Waals surface area contributed by atoms with Crippen LogP contribution in [0.1, 0.15) is 27.0 Å². The fourth-order valence-electron chi connectivity index (χ4n) is 3.90. The van der Waals surface area contributed by atoms with Crippen molar-refractivity contribution in [1.82, 2.24) is 5.32 Å². The molecule has 0 aliphatic heterocycles. The van der Waals surface area contributed by atoms with E-state index in [1.807, 2.05) is 55.5 Å². The van der Waals surface area contributed by atoms with E-state index in [0.717, 1.165) is 16.7 Å². The first-order valence-electron chi connectivity index (χ1n) is 9.95. The Balaban J connectivity index is 1.60. The van der Waals surface area contributed by atoms with Gasteiger partial charge in [0.2, 0.25) is 0 Å². The Morgan fingerprint density at radius 3 is 2.26 bits per heavy atom.